The molecule has 2 aromatic rings. The first-order valence-corrected chi connectivity index (χ1v) is 9.79. The van der Waals surface area contributed by atoms with Gasteiger partial charge in [-0.2, -0.15) is 0 Å². The van der Waals surface area contributed by atoms with Gasteiger partial charge in [-0.15, -0.1) is 0 Å². The fourth-order valence-electron chi connectivity index (χ4n) is 3.08. The summed E-state index contributed by atoms with van der Waals surface area (Å²) in [6, 6.07) is 18.6. The molecule has 0 N–H and O–H groups in total. The normalized spacial score (nSPS) is 14.5. The number of hydrogen-bond donors (Lipinski definition) is 0. The maximum atomic E-state index is 12.7. The Balaban J connectivity index is 1.66. The second-order valence-electron chi connectivity index (χ2n) is 6.79. The van der Waals surface area contributed by atoms with Crippen LogP contribution < -0.4 is 0 Å². The Hall–Kier alpha value is -3.33. The number of rotatable bonds is 6. The van der Waals surface area contributed by atoms with Crippen LogP contribution in [0.25, 0.3) is 0 Å². The van der Waals surface area contributed by atoms with Crippen molar-refractivity contribution in [1.29, 1.82) is 0 Å². The number of carbonyl (C=O) groups excluding carboxylic acids is 3. The van der Waals surface area contributed by atoms with Crippen molar-refractivity contribution in [2.75, 3.05) is 26.2 Å². The molecular weight excluding hydrogens is 385 g/mol. The highest BCUT2D eigenvalue weighted by molar-refractivity contribution is 6.64. The third kappa shape index (κ3) is 6.08. The van der Waals surface area contributed by atoms with E-state index in [0.717, 1.165) is 17.3 Å². The lowest BCUT2D eigenvalue weighted by Gasteiger charge is -2.31. The highest BCUT2D eigenvalue weighted by Gasteiger charge is 2.31. The average Bonchev–Trinajstić information content (AvgIpc) is 3.00. The van der Waals surface area contributed by atoms with E-state index in [0.29, 0.717) is 13.1 Å². The summed E-state index contributed by atoms with van der Waals surface area (Å²) in [4.78, 5) is 38.2. The number of nitrogens with zero attached hydrogens (tertiary/aromatic N) is 3. The van der Waals surface area contributed by atoms with Gasteiger partial charge in [-0.1, -0.05) is 60.7 Å². The van der Waals surface area contributed by atoms with Gasteiger partial charge in [-0.25, -0.2) is 19.6 Å². The standard InChI is InChI=1S/C21H24BN3O5/c26-17-22-23-11-13-24(20(27)29-15-18-7-3-1-4-8-18)25(14-12-23)21(28)30-16-19-9-5-2-6-10-19/h1-10,17,22H,11-16H2. The van der Waals surface area contributed by atoms with Crippen LogP contribution in [0.2, 0.25) is 0 Å². The first-order valence-electron chi connectivity index (χ1n) is 9.79. The maximum Gasteiger partial charge on any atom is 0.429 e. The minimum atomic E-state index is -0.636. The van der Waals surface area contributed by atoms with Crippen LogP contribution in [0.4, 0.5) is 9.59 Å². The summed E-state index contributed by atoms with van der Waals surface area (Å²) >= 11 is 0. The van der Waals surface area contributed by atoms with E-state index in [1.807, 2.05) is 65.5 Å². The summed E-state index contributed by atoms with van der Waals surface area (Å²) < 4.78 is 10.8. The summed E-state index contributed by atoms with van der Waals surface area (Å²) in [5.41, 5.74) is 1.70. The van der Waals surface area contributed by atoms with E-state index in [2.05, 4.69) is 0 Å². The number of amides is 2. The molecular formula is C21H24BN3O5. The smallest absolute Gasteiger partial charge is 0.429 e. The van der Waals surface area contributed by atoms with Gasteiger partial charge in [0.25, 0.3) is 7.41 Å². The van der Waals surface area contributed by atoms with Crippen LogP contribution in [0.5, 0.6) is 0 Å². The van der Waals surface area contributed by atoms with Crippen molar-refractivity contribution >= 4 is 25.8 Å². The van der Waals surface area contributed by atoms with Gasteiger partial charge in [0.05, 0.1) is 19.3 Å². The largest absolute Gasteiger partial charge is 0.443 e. The molecule has 9 heteroatoms. The van der Waals surface area contributed by atoms with Gasteiger partial charge in [-0.05, 0) is 11.1 Å². The minimum absolute atomic E-state index is 0.0983. The summed E-state index contributed by atoms with van der Waals surface area (Å²) in [6.45, 7) is 1.51. The molecule has 0 aliphatic carbocycles. The predicted molar refractivity (Wildman–Crippen MR) is 112 cm³/mol. The lowest BCUT2D eigenvalue weighted by Crippen LogP contribution is -2.50. The molecule has 1 saturated heterocycles. The first kappa shape index (κ1) is 21.4. The molecule has 8 nitrogen and oxygen atoms in total. The highest BCUT2D eigenvalue weighted by atomic mass is 16.6. The van der Waals surface area contributed by atoms with Crippen LogP contribution >= 0.6 is 0 Å². The van der Waals surface area contributed by atoms with E-state index in [9.17, 15) is 14.4 Å². The van der Waals surface area contributed by atoms with Crippen molar-refractivity contribution in [3.63, 3.8) is 0 Å². The monoisotopic (exact) mass is 409 g/mol. The first-order chi connectivity index (χ1) is 14.7. The van der Waals surface area contributed by atoms with E-state index < -0.39 is 12.2 Å². The lowest BCUT2D eigenvalue weighted by molar-refractivity contribution is -0.0184. The average molecular weight is 409 g/mol. The zero-order chi connectivity index (χ0) is 21.2. The molecule has 0 radical (unpaired) electrons. The Labute approximate surface area is 176 Å². The number of hydrazine groups is 1. The molecule has 1 aliphatic heterocycles. The molecule has 30 heavy (non-hydrogen) atoms. The quantitative estimate of drug-likeness (QED) is 0.537. The maximum absolute atomic E-state index is 12.7. The summed E-state index contributed by atoms with van der Waals surface area (Å²) in [7, 11) is 0.236. The third-order valence-electron chi connectivity index (χ3n) is 4.71. The summed E-state index contributed by atoms with van der Waals surface area (Å²) in [5, 5.41) is 2.50. The zero-order valence-electron chi connectivity index (χ0n) is 16.7. The van der Waals surface area contributed by atoms with Gasteiger partial charge in [0, 0.05) is 13.1 Å². The van der Waals surface area contributed by atoms with Crippen molar-refractivity contribution in [2.24, 2.45) is 0 Å². The van der Waals surface area contributed by atoms with E-state index in [1.165, 1.54) is 10.0 Å². The summed E-state index contributed by atoms with van der Waals surface area (Å²) in [6.07, 6.45) is -0.464. The molecule has 0 saturated carbocycles. The van der Waals surface area contributed by atoms with Crippen LogP contribution in [0, 0.1) is 0 Å². The Morgan fingerprint density at radius 3 is 1.60 bits per heavy atom. The molecule has 0 spiro atoms. The van der Waals surface area contributed by atoms with Crippen molar-refractivity contribution in [1.82, 2.24) is 14.8 Å². The topological polar surface area (TPSA) is 79.4 Å². The van der Waals surface area contributed by atoms with Gasteiger partial charge in [0.1, 0.15) is 13.2 Å². The van der Waals surface area contributed by atoms with E-state index in [-0.39, 0.29) is 33.7 Å². The van der Waals surface area contributed by atoms with Crippen LogP contribution in [-0.2, 0) is 27.5 Å². The fraction of sp³-hybridized carbons (Fsp3) is 0.286. The Bertz CT molecular complexity index is 772. The van der Waals surface area contributed by atoms with Gasteiger partial charge in [0.2, 0.25) is 0 Å². The number of hydrogen-bond acceptors (Lipinski definition) is 6. The van der Waals surface area contributed by atoms with E-state index >= 15 is 0 Å². The van der Waals surface area contributed by atoms with Crippen LogP contribution in [0.3, 0.4) is 0 Å². The van der Waals surface area contributed by atoms with Gasteiger partial charge >= 0.3 is 12.2 Å². The van der Waals surface area contributed by atoms with E-state index in [4.69, 9.17) is 9.47 Å². The number of carbonyl (C=O) groups is 3. The third-order valence-corrected chi connectivity index (χ3v) is 4.71. The number of ether oxygens (including phenoxy) is 2. The Kier molecular flexibility index (Phi) is 7.85. The Morgan fingerprint density at radius 2 is 1.20 bits per heavy atom. The predicted octanol–water partition coefficient (Wildman–Crippen LogP) is 2.04. The van der Waals surface area contributed by atoms with Crippen molar-refractivity contribution in [2.45, 2.75) is 13.2 Å². The van der Waals surface area contributed by atoms with E-state index in [1.54, 1.807) is 0 Å². The number of benzene rings is 2. The van der Waals surface area contributed by atoms with Gasteiger partial charge in [-0.3, -0.25) is 0 Å². The van der Waals surface area contributed by atoms with Crippen molar-refractivity contribution in [3.05, 3.63) is 71.8 Å². The summed E-state index contributed by atoms with van der Waals surface area (Å²) in [5.74, 6) is 0. The second kappa shape index (κ2) is 11.0. The van der Waals surface area contributed by atoms with Crippen LogP contribution in [0.15, 0.2) is 60.7 Å². The lowest BCUT2D eigenvalue weighted by atomic mass is 9.95. The zero-order valence-corrected chi connectivity index (χ0v) is 16.7. The van der Waals surface area contributed by atoms with Gasteiger partial charge in [0.15, 0.2) is 0 Å². The molecule has 3 rings (SSSR count). The Morgan fingerprint density at radius 1 is 0.767 bits per heavy atom. The molecule has 156 valence electrons. The fourth-order valence-corrected chi connectivity index (χ4v) is 3.08. The van der Waals surface area contributed by atoms with Gasteiger partial charge < -0.3 is 19.1 Å². The minimum Gasteiger partial charge on any atom is -0.443 e. The molecule has 0 aromatic heterocycles. The molecule has 2 aromatic carbocycles. The molecule has 1 aliphatic rings. The molecule has 1 heterocycles. The molecule has 0 atom stereocenters. The molecule has 2 amide bonds. The van der Waals surface area contributed by atoms with Crippen molar-refractivity contribution in [3.8, 4) is 0 Å². The molecule has 0 bridgehead atoms. The second-order valence-corrected chi connectivity index (χ2v) is 6.79. The van der Waals surface area contributed by atoms with Crippen LogP contribution in [0.1, 0.15) is 11.1 Å². The van der Waals surface area contributed by atoms with Crippen molar-refractivity contribution < 1.29 is 23.9 Å². The SMILES string of the molecule is O=CBN1CCN(C(=O)OCc2ccccc2)N(C(=O)OCc2ccccc2)CC1. The molecule has 1 fully saturated rings. The van der Waals surface area contributed by atoms with Crippen LogP contribution in [-0.4, -0.2) is 66.8 Å². The highest BCUT2D eigenvalue weighted by Crippen LogP contribution is 2.12. The molecule has 0 unspecified atom stereocenters.